The predicted octanol–water partition coefficient (Wildman–Crippen LogP) is 5.85. The zero-order valence-electron chi connectivity index (χ0n) is 26.7. The Bertz CT molecular complexity index is 918. The van der Waals surface area contributed by atoms with Crippen molar-refractivity contribution in [1.82, 2.24) is 0 Å². The molecule has 3 saturated carbocycles. The summed E-state index contributed by atoms with van der Waals surface area (Å²) in [4.78, 5) is 0. The van der Waals surface area contributed by atoms with Crippen LogP contribution in [0.15, 0.2) is 11.6 Å². The lowest BCUT2D eigenvalue weighted by Crippen LogP contribution is -2.60. The molecule has 6 heteroatoms. The third kappa shape index (κ3) is 5.73. The first kappa shape index (κ1) is 31.9. The van der Waals surface area contributed by atoms with E-state index in [2.05, 4.69) is 47.6 Å². The van der Waals surface area contributed by atoms with E-state index in [1.165, 1.54) is 56.9 Å². The van der Waals surface area contributed by atoms with Gasteiger partial charge in [-0.1, -0.05) is 66.0 Å². The van der Waals surface area contributed by atoms with Crippen molar-refractivity contribution in [1.29, 1.82) is 0 Å². The third-order valence-electron chi connectivity index (χ3n) is 13.5. The van der Waals surface area contributed by atoms with Crippen molar-refractivity contribution in [3.05, 3.63) is 11.6 Å². The van der Waals surface area contributed by atoms with Crippen molar-refractivity contribution < 1.29 is 29.9 Å². The van der Waals surface area contributed by atoms with Crippen molar-refractivity contribution in [2.45, 2.75) is 149 Å². The molecular weight excluding hydrogens is 516 g/mol. The van der Waals surface area contributed by atoms with Crippen LogP contribution in [0, 0.1) is 52.3 Å². The molecule has 0 aromatic carbocycles. The van der Waals surface area contributed by atoms with Gasteiger partial charge < -0.3 is 29.9 Å². The molecule has 4 fully saturated rings. The third-order valence-corrected chi connectivity index (χ3v) is 13.5. The van der Waals surface area contributed by atoms with Gasteiger partial charge in [-0.25, -0.2) is 0 Å². The van der Waals surface area contributed by atoms with Crippen LogP contribution in [-0.4, -0.2) is 63.8 Å². The zero-order valence-corrected chi connectivity index (χ0v) is 26.7. The first-order chi connectivity index (χ1) is 19.4. The number of fused-ring (bicyclic) bond motifs is 5. The summed E-state index contributed by atoms with van der Waals surface area (Å²) < 4.78 is 11.9. The van der Waals surface area contributed by atoms with E-state index in [0.29, 0.717) is 5.41 Å². The van der Waals surface area contributed by atoms with Crippen molar-refractivity contribution >= 4 is 0 Å². The summed E-state index contributed by atoms with van der Waals surface area (Å²) in [7, 11) is 0. The molecule has 0 bridgehead atoms. The van der Waals surface area contributed by atoms with E-state index in [-0.39, 0.29) is 11.5 Å². The van der Waals surface area contributed by atoms with Gasteiger partial charge in [0.05, 0.1) is 12.7 Å². The van der Waals surface area contributed by atoms with E-state index < -0.39 is 37.3 Å². The fourth-order valence-corrected chi connectivity index (χ4v) is 10.8. The van der Waals surface area contributed by atoms with Crippen LogP contribution in [0.2, 0.25) is 0 Å². The van der Waals surface area contributed by atoms with E-state index in [0.717, 1.165) is 60.7 Å². The fourth-order valence-electron chi connectivity index (χ4n) is 10.8. The number of aliphatic hydroxyl groups excluding tert-OH is 4. The van der Waals surface area contributed by atoms with Gasteiger partial charge in [-0.15, -0.1) is 0 Å². The average molecular weight is 577 g/mol. The fraction of sp³-hybridized carbons (Fsp3) is 0.943. The Morgan fingerprint density at radius 1 is 0.951 bits per heavy atom. The molecule has 0 spiro atoms. The van der Waals surface area contributed by atoms with Gasteiger partial charge >= 0.3 is 0 Å². The normalized spacial score (nSPS) is 47.7. The molecule has 236 valence electrons. The van der Waals surface area contributed by atoms with Gasteiger partial charge in [-0.05, 0) is 110 Å². The molecule has 5 rings (SSSR count). The van der Waals surface area contributed by atoms with Gasteiger partial charge in [0.2, 0.25) is 0 Å². The summed E-state index contributed by atoms with van der Waals surface area (Å²) in [5, 5.41) is 40.4. The number of rotatable bonds is 9. The highest BCUT2D eigenvalue weighted by Crippen LogP contribution is 2.67. The van der Waals surface area contributed by atoms with Crippen molar-refractivity contribution in [3.63, 3.8) is 0 Å². The Balaban J connectivity index is 1.24. The highest BCUT2D eigenvalue weighted by molar-refractivity contribution is 5.25. The maximum atomic E-state index is 10.5. The monoisotopic (exact) mass is 576 g/mol. The average Bonchev–Trinajstić information content (AvgIpc) is 3.30. The second-order valence-electron chi connectivity index (χ2n) is 15.7. The van der Waals surface area contributed by atoms with Crippen molar-refractivity contribution in [2.75, 3.05) is 6.61 Å². The van der Waals surface area contributed by atoms with Crippen molar-refractivity contribution in [3.8, 4) is 0 Å². The smallest absolute Gasteiger partial charge is 0.186 e. The molecule has 41 heavy (non-hydrogen) atoms. The number of ether oxygens (including phenoxy) is 2. The highest BCUT2D eigenvalue weighted by Gasteiger charge is 2.59. The molecule has 1 heterocycles. The van der Waals surface area contributed by atoms with Gasteiger partial charge in [0.25, 0.3) is 0 Å². The van der Waals surface area contributed by atoms with Crippen LogP contribution >= 0.6 is 0 Å². The van der Waals surface area contributed by atoms with Gasteiger partial charge in [-0.3, -0.25) is 0 Å². The van der Waals surface area contributed by atoms with Gasteiger partial charge in [-0.2, -0.15) is 0 Å². The topological polar surface area (TPSA) is 99.4 Å². The minimum Gasteiger partial charge on any atom is -0.394 e. The molecular formula is C35H60O6. The second-order valence-corrected chi connectivity index (χ2v) is 15.7. The summed E-state index contributed by atoms with van der Waals surface area (Å²) in [5.41, 5.74) is 2.19. The lowest BCUT2D eigenvalue weighted by molar-refractivity contribution is -0.313. The molecule has 1 aliphatic heterocycles. The van der Waals surface area contributed by atoms with Gasteiger partial charge in [0.1, 0.15) is 24.4 Å². The maximum absolute atomic E-state index is 10.5. The van der Waals surface area contributed by atoms with E-state index in [1.54, 1.807) is 0 Å². The molecule has 0 amide bonds. The summed E-state index contributed by atoms with van der Waals surface area (Å²) in [5.74, 6) is 5.66. The summed E-state index contributed by atoms with van der Waals surface area (Å²) >= 11 is 0. The molecule has 5 aliphatic rings. The SMILES string of the molecule is CC[C@H](CC[C@@H](C)[C@H]1CC[C@H]2[C@@H]3CC=C4C[C@@H](O[C@@H]5O[C@H](CO)[C@H](O)[C@@H](O)[C@@H]5O)CC[C@]4(C)[C@H]3CC[C@]12C)C(C)C. The number of hydrogen-bond acceptors (Lipinski definition) is 6. The first-order valence-corrected chi connectivity index (χ1v) is 17.1. The van der Waals surface area contributed by atoms with Crippen LogP contribution in [0.4, 0.5) is 0 Å². The summed E-state index contributed by atoms with van der Waals surface area (Å²) in [6, 6.07) is 0. The quantitative estimate of drug-likeness (QED) is 0.257. The number of hydrogen-bond donors (Lipinski definition) is 4. The van der Waals surface area contributed by atoms with Gasteiger partial charge in [0.15, 0.2) is 6.29 Å². The van der Waals surface area contributed by atoms with Crippen LogP contribution in [-0.2, 0) is 9.47 Å². The molecule has 0 aromatic rings. The van der Waals surface area contributed by atoms with E-state index >= 15 is 0 Å². The summed E-state index contributed by atoms with van der Waals surface area (Å²) in [6.45, 7) is 14.5. The molecule has 4 N–H and O–H groups in total. The maximum Gasteiger partial charge on any atom is 0.186 e. The molecule has 0 aromatic heterocycles. The van der Waals surface area contributed by atoms with E-state index in [4.69, 9.17) is 9.47 Å². The second kappa shape index (κ2) is 12.5. The van der Waals surface area contributed by atoms with Crippen LogP contribution < -0.4 is 0 Å². The molecule has 0 unspecified atom stereocenters. The molecule has 4 aliphatic carbocycles. The predicted molar refractivity (Wildman–Crippen MR) is 161 cm³/mol. The highest BCUT2D eigenvalue weighted by atomic mass is 16.7. The Labute approximate surface area is 249 Å². The Morgan fingerprint density at radius 2 is 1.71 bits per heavy atom. The molecule has 0 radical (unpaired) electrons. The van der Waals surface area contributed by atoms with Crippen LogP contribution in [0.5, 0.6) is 0 Å². The van der Waals surface area contributed by atoms with Crippen LogP contribution in [0.3, 0.4) is 0 Å². The zero-order chi connectivity index (χ0) is 29.7. The number of aliphatic hydroxyl groups is 4. The molecule has 6 nitrogen and oxygen atoms in total. The standard InChI is InChI=1S/C35H60O6/c1-7-22(20(2)3)9-8-21(4)26-12-13-27-25-11-10-23-18-24(14-16-34(23,5)28(25)15-17-35(26,27)6)40-33-32(39)31(38)30(37)29(19-36)41-33/h10,20-22,24-33,36-39H,7-9,11-19H2,1-6H3/t21-,22-,24+,25+,26-,27+,28+,29-,30+,31-,32+,33-,34+,35-/m1/s1. The van der Waals surface area contributed by atoms with Crippen LogP contribution in [0.25, 0.3) is 0 Å². The largest absolute Gasteiger partial charge is 0.394 e. The van der Waals surface area contributed by atoms with Gasteiger partial charge in [0, 0.05) is 0 Å². The first-order valence-electron chi connectivity index (χ1n) is 17.1. The van der Waals surface area contributed by atoms with E-state index in [9.17, 15) is 20.4 Å². The Morgan fingerprint density at radius 3 is 2.39 bits per heavy atom. The lowest BCUT2D eigenvalue weighted by Gasteiger charge is -2.58. The Hall–Kier alpha value is -0.500. The summed E-state index contributed by atoms with van der Waals surface area (Å²) in [6.07, 6.45) is 9.92. The van der Waals surface area contributed by atoms with Crippen molar-refractivity contribution in [2.24, 2.45) is 52.3 Å². The lowest BCUT2D eigenvalue weighted by atomic mass is 9.47. The molecule has 14 atom stereocenters. The number of allylic oxidation sites excluding steroid dienone is 1. The minimum atomic E-state index is -1.40. The van der Waals surface area contributed by atoms with E-state index in [1.807, 2.05) is 0 Å². The minimum absolute atomic E-state index is 0.101. The Kier molecular flexibility index (Phi) is 9.71. The molecule has 1 saturated heterocycles. The van der Waals surface area contributed by atoms with Crippen LogP contribution in [0.1, 0.15) is 112 Å².